The molecular weight excluding hydrogens is 625 g/mol. The maximum Gasteiger partial charge on any atom is 0.351 e. The Balaban J connectivity index is 1.96. The smallest absolute Gasteiger partial charge is 0.351 e. The molecule has 0 unspecified atom stereocenters. The zero-order chi connectivity index (χ0) is 24.8. The second-order valence-electron chi connectivity index (χ2n) is 7.23. The average molecular weight is 646 g/mol. The van der Waals surface area contributed by atoms with Gasteiger partial charge in [-0.3, -0.25) is 19.0 Å². The van der Waals surface area contributed by atoms with Gasteiger partial charge in [0.15, 0.2) is 12.3 Å². The summed E-state index contributed by atoms with van der Waals surface area (Å²) in [5.74, 6) is -1.43. The highest BCUT2D eigenvalue weighted by molar-refractivity contribution is 14.1. The molecule has 1 saturated heterocycles. The van der Waals surface area contributed by atoms with Crippen molar-refractivity contribution in [2.75, 3.05) is 11.9 Å². The Morgan fingerprint density at radius 1 is 1.24 bits per heavy atom. The summed E-state index contributed by atoms with van der Waals surface area (Å²) in [6, 6.07) is 8.51. The predicted octanol–water partition coefficient (Wildman–Crippen LogP) is 3.06. The highest BCUT2D eigenvalue weighted by Crippen LogP contribution is 2.36. The summed E-state index contributed by atoms with van der Waals surface area (Å²) < 4.78 is 19.2. The molecule has 2 heterocycles. The Morgan fingerprint density at radius 3 is 2.56 bits per heavy atom. The van der Waals surface area contributed by atoms with Crippen molar-refractivity contribution < 1.29 is 28.6 Å². The number of esters is 2. The lowest BCUT2D eigenvalue weighted by molar-refractivity contribution is -0.153. The monoisotopic (exact) mass is 645 g/mol. The van der Waals surface area contributed by atoms with Gasteiger partial charge in [0.2, 0.25) is 0 Å². The van der Waals surface area contributed by atoms with Gasteiger partial charge in [0.1, 0.15) is 18.5 Å². The van der Waals surface area contributed by atoms with E-state index in [4.69, 9.17) is 14.2 Å². The molecule has 34 heavy (non-hydrogen) atoms. The van der Waals surface area contributed by atoms with Crippen molar-refractivity contribution in [3.63, 3.8) is 0 Å². The molecule has 1 N–H and O–H groups in total. The first kappa shape index (κ1) is 26.0. The lowest BCUT2D eigenvalue weighted by Crippen LogP contribution is -2.37. The standard InChI is InChI=1S/C22H21BrIN3O7/c1-12(28)32-11-16-17(23)18(33-13(2)29)21(34-16)27-10-15(8-9-24)19(26-22(27)31)25-20(30)14-6-4-3-5-7-14/h3-10,16-18,21H,11H2,1-2H3,(H,25,26,30,31)/b9-8+/t16-,17+,18-,21-/m1/s1. The van der Waals surface area contributed by atoms with Crippen molar-refractivity contribution in [3.8, 4) is 0 Å². The molecule has 12 heteroatoms. The van der Waals surface area contributed by atoms with Crippen LogP contribution in [-0.4, -0.2) is 51.0 Å². The number of rotatable bonds is 7. The number of ether oxygens (including phenoxy) is 3. The fourth-order valence-corrected chi connectivity index (χ4v) is 4.33. The number of carbonyl (C=O) groups excluding carboxylic acids is 3. The van der Waals surface area contributed by atoms with Gasteiger partial charge in [-0.1, -0.05) is 56.7 Å². The number of alkyl halides is 1. The molecule has 0 saturated carbocycles. The molecule has 10 nitrogen and oxygen atoms in total. The maximum atomic E-state index is 13.0. The third kappa shape index (κ3) is 6.30. The Morgan fingerprint density at radius 2 is 1.94 bits per heavy atom. The molecule has 0 spiro atoms. The topological polar surface area (TPSA) is 126 Å². The van der Waals surface area contributed by atoms with Gasteiger partial charge in [-0.05, 0) is 22.3 Å². The number of nitrogens with one attached hydrogen (secondary N) is 1. The van der Waals surface area contributed by atoms with E-state index in [0.717, 1.165) is 0 Å². The number of hydrogen-bond donors (Lipinski definition) is 1. The molecule has 0 bridgehead atoms. The van der Waals surface area contributed by atoms with Crippen LogP contribution >= 0.6 is 38.5 Å². The van der Waals surface area contributed by atoms with Crippen molar-refractivity contribution in [3.05, 3.63) is 62.2 Å². The third-order valence-corrected chi connectivity index (χ3v) is 6.25. The minimum Gasteiger partial charge on any atom is -0.463 e. The van der Waals surface area contributed by atoms with Crippen LogP contribution in [0, 0.1) is 0 Å². The zero-order valence-electron chi connectivity index (χ0n) is 18.1. The Bertz CT molecular complexity index is 1150. The molecule has 1 aliphatic heterocycles. The molecule has 2 aromatic rings. The van der Waals surface area contributed by atoms with E-state index in [1.807, 2.05) is 22.6 Å². The van der Waals surface area contributed by atoms with E-state index in [0.29, 0.717) is 11.1 Å². The molecule has 1 amide bonds. The van der Waals surface area contributed by atoms with E-state index in [-0.39, 0.29) is 12.4 Å². The van der Waals surface area contributed by atoms with Crippen molar-refractivity contribution >= 4 is 68.3 Å². The van der Waals surface area contributed by atoms with Crippen LogP contribution in [0.1, 0.15) is 36.0 Å². The molecule has 1 aromatic carbocycles. The van der Waals surface area contributed by atoms with E-state index in [2.05, 4.69) is 26.2 Å². The fourth-order valence-electron chi connectivity index (χ4n) is 3.30. The van der Waals surface area contributed by atoms with Crippen LogP contribution in [0.25, 0.3) is 6.08 Å². The number of hydrogen-bond acceptors (Lipinski definition) is 8. The van der Waals surface area contributed by atoms with Crippen LogP contribution in [0.3, 0.4) is 0 Å². The largest absolute Gasteiger partial charge is 0.463 e. The summed E-state index contributed by atoms with van der Waals surface area (Å²) >= 11 is 5.43. The third-order valence-electron chi connectivity index (χ3n) is 4.78. The van der Waals surface area contributed by atoms with E-state index >= 15 is 0 Å². The molecule has 3 rings (SSSR count). The number of anilines is 1. The van der Waals surface area contributed by atoms with Crippen molar-refractivity contribution in [2.24, 2.45) is 0 Å². The summed E-state index contributed by atoms with van der Waals surface area (Å²) in [5.41, 5.74) is 0.101. The first-order valence-electron chi connectivity index (χ1n) is 10.1. The highest BCUT2D eigenvalue weighted by atomic mass is 127. The van der Waals surface area contributed by atoms with Gasteiger partial charge in [-0.25, -0.2) is 4.79 Å². The Labute approximate surface area is 216 Å². The minimum absolute atomic E-state index is 0.0666. The quantitative estimate of drug-likeness (QED) is 0.277. The number of aromatic nitrogens is 2. The number of nitrogens with zero attached hydrogens (tertiary/aromatic N) is 2. The normalized spacial score (nSPS) is 21.9. The second kappa shape index (κ2) is 11.7. The molecule has 1 fully saturated rings. The van der Waals surface area contributed by atoms with Gasteiger partial charge in [0.25, 0.3) is 5.91 Å². The van der Waals surface area contributed by atoms with Gasteiger partial charge in [0, 0.05) is 31.2 Å². The highest BCUT2D eigenvalue weighted by Gasteiger charge is 2.47. The SMILES string of the molecule is CC(=O)OC[C@H]1O[C@@H](n2cc(/C=C/I)c(NC(=O)c3ccccc3)nc2=O)[C@H](OC(C)=O)[C@H]1Br. The van der Waals surface area contributed by atoms with Crippen molar-refractivity contribution in [2.45, 2.75) is 37.1 Å². The molecule has 0 aliphatic carbocycles. The molecule has 1 aliphatic rings. The summed E-state index contributed by atoms with van der Waals surface area (Å²) in [7, 11) is 0. The lowest BCUT2D eigenvalue weighted by Gasteiger charge is -2.22. The van der Waals surface area contributed by atoms with E-state index < -0.39 is 46.8 Å². The Hall–Kier alpha value is -2.58. The molecule has 180 valence electrons. The van der Waals surface area contributed by atoms with Crippen LogP contribution in [0.2, 0.25) is 0 Å². The fraction of sp³-hybridized carbons (Fsp3) is 0.318. The van der Waals surface area contributed by atoms with Crippen LogP contribution in [-0.2, 0) is 23.8 Å². The van der Waals surface area contributed by atoms with Crippen LogP contribution in [0.15, 0.2) is 45.4 Å². The molecular formula is C22H21BrIN3O7. The van der Waals surface area contributed by atoms with Crippen LogP contribution in [0.5, 0.6) is 0 Å². The summed E-state index contributed by atoms with van der Waals surface area (Å²) in [6.07, 6.45) is 0.473. The van der Waals surface area contributed by atoms with Gasteiger partial charge >= 0.3 is 17.6 Å². The summed E-state index contributed by atoms with van der Waals surface area (Å²) in [6.45, 7) is 2.40. The Kier molecular flexibility index (Phi) is 8.97. The second-order valence-corrected chi connectivity index (χ2v) is 9.01. The molecule has 4 atom stereocenters. The molecule has 1 aromatic heterocycles. The van der Waals surface area contributed by atoms with Crippen molar-refractivity contribution in [1.29, 1.82) is 0 Å². The number of amides is 1. The summed E-state index contributed by atoms with van der Waals surface area (Å²) in [4.78, 5) is 52.0. The van der Waals surface area contributed by atoms with E-state index in [1.54, 1.807) is 40.5 Å². The number of halogens is 2. The van der Waals surface area contributed by atoms with E-state index in [9.17, 15) is 19.2 Å². The van der Waals surface area contributed by atoms with Gasteiger partial charge < -0.3 is 19.5 Å². The first-order chi connectivity index (χ1) is 16.2. The average Bonchev–Trinajstić information content (AvgIpc) is 3.09. The lowest BCUT2D eigenvalue weighted by atomic mass is 10.2. The van der Waals surface area contributed by atoms with Gasteiger partial charge in [-0.15, -0.1) is 0 Å². The minimum atomic E-state index is -1.05. The van der Waals surface area contributed by atoms with E-state index in [1.165, 1.54) is 24.6 Å². The molecule has 0 radical (unpaired) electrons. The first-order valence-corrected chi connectivity index (χ1v) is 12.2. The number of benzene rings is 1. The van der Waals surface area contributed by atoms with Crippen LogP contribution < -0.4 is 11.0 Å². The predicted molar refractivity (Wildman–Crippen MR) is 135 cm³/mol. The van der Waals surface area contributed by atoms with Gasteiger partial charge in [-0.2, -0.15) is 4.98 Å². The number of carbonyl (C=O) groups is 3. The summed E-state index contributed by atoms with van der Waals surface area (Å²) in [5, 5.41) is 2.65. The van der Waals surface area contributed by atoms with Gasteiger partial charge in [0.05, 0.1) is 4.83 Å². The zero-order valence-corrected chi connectivity index (χ0v) is 21.9. The van der Waals surface area contributed by atoms with Crippen LogP contribution in [0.4, 0.5) is 5.82 Å². The maximum absolute atomic E-state index is 13.0. The van der Waals surface area contributed by atoms with Crippen molar-refractivity contribution in [1.82, 2.24) is 9.55 Å².